The van der Waals surface area contributed by atoms with Gasteiger partial charge in [-0.2, -0.15) is 0 Å². The Kier molecular flexibility index (Phi) is 4.88. The lowest BCUT2D eigenvalue weighted by atomic mass is 9.94. The molecule has 1 aromatic carbocycles. The van der Waals surface area contributed by atoms with Crippen molar-refractivity contribution in [3.8, 4) is 0 Å². The van der Waals surface area contributed by atoms with Crippen molar-refractivity contribution in [2.75, 3.05) is 24.5 Å². The first kappa shape index (κ1) is 15.8. The van der Waals surface area contributed by atoms with Gasteiger partial charge in [-0.05, 0) is 38.4 Å². The van der Waals surface area contributed by atoms with Gasteiger partial charge >= 0.3 is 0 Å². The second kappa shape index (κ2) is 6.48. The molecule has 2 rings (SSSR count). The molecule has 1 aliphatic rings. The van der Waals surface area contributed by atoms with Gasteiger partial charge in [0.25, 0.3) is 0 Å². The highest BCUT2D eigenvalue weighted by atomic mass is 16.2. The van der Waals surface area contributed by atoms with E-state index in [-0.39, 0.29) is 5.91 Å². The van der Waals surface area contributed by atoms with Crippen molar-refractivity contribution in [1.29, 1.82) is 0 Å². The van der Waals surface area contributed by atoms with Gasteiger partial charge in [-0.15, -0.1) is 0 Å². The molecule has 2 N–H and O–H groups in total. The molecule has 0 aromatic heterocycles. The van der Waals surface area contributed by atoms with Crippen molar-refractivity contribution < 1.29 is 4.79 Å². The van der Waals surface area contributed by atoms with E-state index in [1.54, 1.807) is 0 Å². The van der Waals surface area contributed by atoms with Gasteiger partial charge in [-0.25, -0.2) is 0 Å². The molecular formula is C17H27N3O. The van der Waals surface area contributed by atoms with Gasteiger partial charge in [0.15, 0.2) is 0 Å². The summed E-state index contributed by atoms with van der Waals surface area (Å²) < 4.78 is 0. The van der Waals surface area contributed by atoms with Crippen LogP contribution in [-0.4, -0.2) is 31.1 Å². The van der Waals surface area contributed by atoms with Crippen LogP contribution in [0.2, 0.25) is 0 Å². The van der Waals surface area contributed by atoms with Crippen LogP contribution in [0, 0.1) is 0 Å². The molecule has 1 aliphatic heterocycles. The minimum atomic E-state index is -0.515. The molecule has 1 atom stereocenters. The molecule has 1 aromatic rings. The van der Waals surface area contributed by atoms with Crippen LogP contribution in [0.4, 0.5) is 5.69 Å². The van der Waals surface area contributed by atoms with Crippen LogP contribution >= 0.6 is 0 Å². The van der Waals surface area contributed by atoms with E-state index in [2.05, 4.69) is 53.6 Å². The molecule has 0 radical (unpaired) electrons. The van der Waals surface area contributed by atoms with Crippen LogP contribution in [-0.2, 0) is 4.79 Å². The zero-order chi connectivity index (χ0) is 15.5. The third-order valence-corrected chi connectivity index (χ3v) is 4.31. The smallest absolute Gasteiger partial charge is 0.245 e. The molecule has 0 saturated carbocycles. The fourth-order valence-corrected chi connectivity index (χ4v) is 3.07. The van der Waals surface area contributed by atoms with E-state index >= 15 is 0 Å². The summed E-state index contributed by atoms with van der Waals surface area (Å²) in [5.41, 5.74) is 1.94. The van der Waals surface area contributed by atoms with E-state index in [4.69, 9.17) is 0 Å². The highest BCUT2D eigenvalue weighted by Crippen LogP contribution is 2.33. The van der Waals surface area contributed by atoms with E-state index in [1.807, 2.05) is 13.8 Å². The number of amides is 1. The largest absolute Gasteiger partial charge is 0.355 e. The number of carbonyl (C=O) groups excluding carboxylic acids is 1. The Morgan fingerprint density at radius 3 is 2.71 bits per heavy atom. The first-order valence-electron chi connectivity index (χ1n) is 7.90. The Morgan fingerprint density at radius 2 is 2.05 bits per heavy atom. The molecule has 1 saturated heterocycles. The summed E-state index contributed by atoms with van der Waals surface area (Å²) >= 11 is 0. The molecule has 1 heterocycles. The van der Waals surface area contributed by atoms with Crippen LogP contribution in [0.25, 0.3) is 0 Å². The second-order valence-electron chi connectivity index (χ2n) is 6.04. The number of carbonyl (C=O) groups is 1. The van der Waals surface area contributed by atoms with E-state index in [0.29, 0.717) is 12.6 Å². The van der Waals surface area contributed by atoms with Gasteiger partial charge in [0, 0.05) is 24.8 Å². The number of rotatable bonds is 5. The predicted octanol–water partition coefficient (Wildman–Crippen LogP) is 2.46. The number of anilines is 1. The molecule has 4 heteroatoms. The maximum atomic E-state index is 12.2. The van der Waals surface area contributed by atoms with Gasteiger partial charge in [0.1, 0.15) is 5.54 Å². The minimum Gasteiger partial charge on any atom is -0.355 e. The predicted molar refractivity (Wildman–Crippen MR) is 87.6 cm³/mol. The number of para-hydroxylation sites is 1. The van der Waals surface area contributed by atoms with Crippen molar-refractivity contribution >= 4 is 11.6 Å². The first-order chi connectivity index (χ1) is 10.0. The van der Waals surface area contributed by atoms with E-state index in [1.165, 1.54) is 11.3 Å². The van der Waals surface area contributed by atoms with Gasteiger partial charge in [0.05, 0.1) is 0 Å². The maximum absolute atomic E-state index is 12.2. The Labute approximate surface area is 127 Å². The standard InChI is InChI=1S/C17H27N3O/c1-5-14(18-6-2)13-9-7-8-10-15(13)20-12-11-19-16(21)17(20,3)4/h7-10,14,18H,5-6,11-12H2,1-4H3,(H,19,21). The fourth-order valence-electron chi connectivity index (χ4n) is 3.07. The maximum Gasteiger partial charge on any atom is 0.245 e. The van der Waals surface area contributed by atoms with Crippen molar-refractivity contribution in [3.63, 3.8) is 0 Å². The van der Waals surface area contributed by atoms with E-state index < -0.39 is 5.54 Å². The molecular weight excluding hydrogens is 262 g/mol. The second-order valence-corrected chi connectivity index (χ2v) is 6.04. The monoisotopic (exact) mass is 289 g/mol. The number of nitrogens with zero attached hydrogens (tertiary/aromatic N) is 1. The zero-order valence-corrected chi connectivity index (χ0v) is 13.6. The van der Waals surface area contributed by atoms with Gasteiger partial charge in [-0.1, -0.05) is 32.0 Å². The molecule has 1 unspecified atom stereocenters. The molecule has 4 nitrogen and oxygen atoms in total. The summed E-state index contributed by atoms with van der Waals surface area (Å²) in [6.45, 7) is 10.8. The average molecular weight is 289 g/mol. The molecule has 0 bridgehead atoms. The molecule has 0 spiro atoms. The quantitative estimate of drug-likeness (QED) is 0.875. The Morgan fingerprint density at radius 1 is 1.33 bits per heavy atom. The normalized spacial score (nSPS) is 19.2. The van der Waals surface area contributed by atoms with Crippen molar-refractivity contribution in [1.82, 2.24) is 10.6 Å². The van der Waals surface area contributed by atoms with Crippen molar-refractivity contribution in [3.05, 3.63) is 29.8 Å². The van der Waals surface area contributed by atoms with E-state index in [9.17, 15) is 4.79 Å². The van der Waals surface area contributed by atoms with Crippen LogP contribution in [0.15, 0.2) is 24.3 Å². The summed E-state index contributed by atoms with van der Waals surface area (Å²) in [6.07, 6.45) is 1.03. The lowest BCUT2D eigenvalue weighted by molar-refractivity contribution is -0.126. The third-order valence-electron chi connectivity index (χ3n) is 4.31. The zero-order valence-electron chi connectivity index (χ0n) is 13.6. The molecule has 1 fully saturated rings. The Bertz CT molecular complexity index is 499. The summed E-state index contributed by atoms with van der Waals surface area (Å²) in [5, 5.41) is 6.50. The molecule has 1 amide bonds. The van der Waals surface area contributed by atoms with Crippen molar-refractivity contribution in [2.45, 2.75) is 45.7 Å². The van der Waals surface area contributed by atoms with Crippen molar-refractivity contribution in [2.24, 2.45) is 0 Å². The summed E-state index contributed by atoms with van der Waals surface area (Å²) in [6, 6.07) is 8.77. The number of hydrogen-bond acceptors (Lipinski definition) is 3. The Hall–Kier alpha value is -1.55. The molecule has 21 heavy (non-hydrogen) atoms. The average Bonchev–Trinajstić information content (AvgIpc) is 2.48. The number of piperazine rings is 1. The van der Waals surface area contributed by atoms with Gasteiger partial charge in [-0.3, -0.25) is 4.79 Å². The van der Waals surface area contributed by atoms with Crippen LogP contribution in [0.1, 0.15) is 45.7 Å². The highest BCUT2D eigenvalue weighted by Gasteiger charge is 2.38. The number of benzene rings is 1. The van der Waals surface area contributed by atoms with E-state index in [0.717, 1.165) is 19.5 Å². The molecule has 0 aliphatic carbocycles. The summed E-state index contributed by atoms with van der Waals surface area (Å²) in [5.74, 6) is 0.0973. The van der Waals surface area contributed by atoms with Crippen LogP contribution < -0.4 is 15.5 Å². The lowest BCUT2D eigenvalue weighted by Crippen LogP contribution is -2.62. The number of hydrogen-bond donors (Lipinski definition) is 2. The number of nitrogens with one attached hydrogen (secondary N) is 2. The minimum absolute atomic E-state index is 0.0973. The summed E-state index contributed by atoms with van der Waals surface area (Å²) in [4.78, 5) is 14.4. The fraction of sp³-hybridized carbons (Fsp3) is 0.588. The molecule has 116 valence electrons. The SMILES string of the molecule is CCNC(CC)c1ccccc1N1CCNC(=O)C1(C)C. The highest BCUT2D eigenvalue weighted by molar-refractivity contribution is 5.90. The Balaban J connectivity index is 2.41. The van der Waals surface area contributed by atoms with Crippen LogP contribution in [0.5, 0.6) is 0 Å². The van der Waals surface area contributed by atoms with Gasteiger partial charge < -0.3 is 15.5 Å². The summed E-state index contributed by atoms with van der Waals surface area (Å²) in [7, 11) is 0. The van der Waals surface area contributed by atoms with Gasteiger partial charge in [0.2, 0.25) is 5.91 Å². The first-order valence-corrected chi connectivity index (χ1v) is 7.90. The lowest BCUT2D eigenvalue weighted by Gasteiger charge is -2.44. The van der Waals surface area contributed by atoms with Crippen LogP contribution in [0.3, 0.4) is 0 Å². The topological polar surface area (TPSA) is 44.4 Å². The third kappa shape index (κ3) is 3.05.